The van der Waals surface area contributed by atoms with Crippen molar-refractivity contribution in [2.75, 3.05) is 0 Å². The van der Waals surface area contributed by atoms with Crippen LogP contribution in [-0.4, -0.2) is 24.8 Å². The van der Waals surface area contributed by atoms with Gasteiger partial charge >= 0.3 is 0 Å². The SMILES string of the molecule is Cc1c(C)c(C)c(S(=O)(=O)N/N=C/c2ccc(O)c(O)c2)c(C)c1C. The number of hydrogen-bond acceptors (Lipinski definition) is 5. The predicted molar refractivity (Wildman–Crippen MR) is 97.8 cm³/mol. The summed E-state index contributed by atoms with van der Waals surface area (Å²) >= 11 is 0. The summed E-state index contributed by atoms with van der Waals surface area (Å²) < 4.78 is 25.4. The molecule has 0 saturated heterocycles. The van der Waals surface area contributed by atoms with Crippen molar-refractivity contribution >= 4 is 16.2 Å². The van der Waals surface area contributed by atoms with Crippen LogP contribution in [0.3, 0.4) is 0 Å². The maximum atomic E-state index is 12.7. The van der Waals surface area contributed by atoms with Gasteiger partial charge in [0.2, 0.25) is 0 Å². The van der Waals surface area contributed by atoms with Crippen molar-refractivity contribution in [2.45, 2.75) is 39.5 Å². The molecule has 2 aromatic rings. The molecule has 0 atom stereocenters. The Kier molecular flexibility index (Phi) is 5.08. The molecule has 7 heteroatoms. The predicted octanol–water partition coefficient (Wildman–Crippen LogP) is 2.95. The van der Waals surface area contributed by atoms with Gasteiger partial charge in [-0.1, -0.05) is 0 Å². The van der Waals surface area contributed by atoms with Crippen LogP contribution in [0, 0.1) is 34.6 Å². The van der Waals surface area contributed by atoms with Gasteiger partial charge < -0.3 is 10.2 Å². The molecule has 0 heterocycles. The summed E-state index contributed by atoms with van der Waals surface area (Å²) in [6.07, 6.45) is 1.26. The molecular weight excluding hydrogens is 340 g/mol. The lowest BCUT2D eigenvalue weighted by Crippen LogP contribution is -2.22. The first-order valence-electron chi connectivity index (χ1n) is 7.70. The molecule has 0 amide bonds. The van der Waals surface area contributed by atoms with Gasteiger partial charge in [0.05, 0.1) is 11.1 Å². The van der Waals surface area contributed by atoms with Gasteiger partial charge in [0.25, 0.3) is 10.0 Å². The lowest BCUT2D eigenvalue weighted by atomic mass is 9.95. The second kappa shape index (κ2) is 6.76. The number of nitrogens with one attached hydrogen (secondary N) is 1. The van der Waals surface area contributed by atoms with Crippen LogP contribution in [0.2, 0.25) is 0 Å². The smallest absolute Gasteiger partial charge is 0.277 e. The van der Waals surface area contributed by atoms with Gasteiger partial charge in [-0.25, -0.2) is 4.83 Å². The maximum Gasteiger partial charge on any atom is 0.277 e. The molecule has 0 saturated carbocycles. The van der Waals surface area contributed by atoms with E-state index in [9.17, 15) is 18.6 Å². The molecule has 2 aromatic carbocycles. The van der Waals surface area contributed by atoms with Crippen molar-refractivity contribution in [3.63, 3.8) is 0 Å². The second-order valence-corrected chi connectivity index (χ2v) is 7.65. The van der Waals surface area contributed by atoms with Gasteiger partial charge in [0.1, 0.15) is 0 Å². The molecule has 0 aromatic heterocycles. The van der Waals surface area contributed by atoms with Gasteiger partial charge in [0, 0.05) is 0 Å². The summed E-state index contributed by atoms with van der Waals surface area (Å²) in [5, 5.41) is 22.5. The largest absolute Gasteiger partial charge is 0.504 e. The van der Waals surface area contributed by atoms with E-state index in [0.717, 1.165) is 16.7 Å². The molecule has 25 heavy (non-hydrogen) atoms. The van der Waals surface area contributed by atoms with Gasteiger partial charge in [-0.15, -0.1) is 0 Å². The first-order chi connectivity index (χ1) is 11.6. The summed E-state index contributed by atoms with van der Waals surface area (Å²) in [5.74, 6) is -0.558. The van der Waals surface area contributed by atoms with Crippen molar-refractivity contribution in [2.24, 2.45) is 5.10 Å². The molecule has 6 nitrogen and oxygen atoms in total. The average Bonchev–Trinajstić information content (AvgIpc) is 2.54. The number of phenolic OH excluding ortho intramolecular Hbond substituents is 2. The highest BCUT2D eigenvalue weighted by Crippen LogP contribution is 2.29. The van der Waals surface area contributed by atoms with E-state index in [4.69, 9.17) is 0 Å². The molecule has 0 aliphatic carbocycles. The fraction of sp³-hybridized carbons (Fsp3) is 0.278. The lowest BCUT2D eigenvalue weighted by molar-refractivity contribution is 0.403. The third kappa shape index (κ3) is 3.61. The number of aromatic hydroxyl groups is 2. The molecular formula is C18H22N2O4S. The molecule has 0 aliphatic rings. The molecule has 2 rings (SSSR count). The van der Waals surface area contributed by atoms with Crippen LogP contribution in [0.1, 0.15) is 33.4 Å². The minimum Gasteiger partial charge on any atom is -0.504 e. The normalized spacial score (nSPS) is 11.9. The molecule has 0 aliphatic heterocycles. The number of nitrogens with zero attached hydrogens (tertiary/aromatic N) is 1. The third-order valence-electron chi connectivity index (χ3n) is 4.59. The highest BCUT2D eigenvalue weighted by Gasteiger charge is 2.23. The molecule has 134 valence electrons. The van der Waals surface area contributed by atoms with Crippen LogP contribution in [0.25, 0.3) is 0 Å². The Morgan fingerprint density at radius 2 is 1.40 bits per heavy atom. The van der Waals surface area contributed by atoms with Gasteiger partial charge in [-0.05, 0) is 86.2 Å². The van der Waals surface area contributed by atoms with Gasteiger partial charge in [0.15, 0.2) is 11.5 Å². The zero-order valence-electron chi connectivity index (χ0n) is 14.9. The van der Waals surface area contributed by atoms with E-state index in [1.807, 2.05) is 20.8 Å². The van der Waals surface area contributed by atoms with Gasteiger partial charge in [-0.3, -0.25) is 0 Å². The summed E-state index contributed by atoms with van der Waals surface area (Å²) in [6, 6.07) is 4.08. The monoisotopic (exact) mass is 362 g/mol. The average molecular weight is 362 g/mol. The number of benzene rings is 2. The van der Waals surface area contributed by atoms with Crippen molar-refractivity contribution in [1.82, 2.24) is 4.83 Å². The molecule has 0 radical (unpaired) electrons. The summed E-state index contributed by atoms with van der Waals surface area (Å²) in [6.45, 7) is 9.34. The molecule has 0 bridgehead atoms. The highest BCUT2D eigenvalue weighted by molar-refractivity contribution is 7.89. The summed E-state index contributed by atoms with van der Waals surface area (Å²) in [5.41, 5.74) is 4.81. The van der Waals surface area contributed by atoms with E-state index in [-0.39, 0.29) is 16.4 Å². The zero-order valence-corrected chi connectivity index (χ0v) is 15.7. The topological polar surface area (TPSA) is 99.0 Å². The van der Waals surface area contributed by atoms with Crippen LogP contribution in [0.15, 0.2) is 28.2 Å². The lowest BCUT2D eigenvalue weighted by Gasteiger charge is -2.18. The first-order valence-corrected chi connectivity index (χ1v) is 9.18. The minimum atomic E-state index is -3.83. The zero-order chi connectivity index (χ0) is 18.9. The Hall–Kier alpha value is -2.54. The summed E-state index contributed by atoms with van der Waals surface area (Å²) in [4.78, 5) is 2.45. The highest BCUT2D eigenvalue weighted by atomic mass is 32.2. The number of phenols is 2. The quantitative estimate of drug-likeness (QED) is 0.442. The Labute approximate surface area is 147 Å². The third-order valence-corrected chi connectivity index (χ3v) is 6.08. The Morgan fingerprint density at radius 3 is 1.92 bits per heavy atom. The number of hydrogen-bond donors (Lipinski definition) is 3. The van der Waals surface area contributed by atoms with Crippen LogP contribution in [0.4, 0.5) is 0 Å². The van der Waals surface area contributed by atoms with Gasteiger partial charge in [-0.2, -0.15) is 13.5 Å². The van der Waals surface area contributed by atoms with E-state index < -0.39 is 10.0 Å². The Balaban J connectivity index is 2.37. The number of rotatable bonds is 4. The van der Waals surface area contributed by atoms with E-state index in [0.29, 0.717) is 16.7 Å². The van der Waals surface area contributed by atoms with E-state index in [1.54, 1.807) is 13.8 Å². The van der Waals surface area contributed by atoms with Crippen molar-refractivity contribution in [1.29, 1.82) is 0 Å². The van der Waals surface area contributed by atoms with E-state index in [2.05, 4.69) is 9.93 Å². The number of sulfonamides is 1. The number of hydrazone groups is 1. The van der Waals surface area contributed by atoms with E-state index >= 15 is 0 Å². The molecule has 0 spiro atoms. The molecule has 0 fully saturated rings. The first kappa shape index (κ1) is 18.8. The molecule has 3 N–H and O–H groups in total. The standard InChI is InChI=1S/C18H22N2O4S/c1-10-11(2)13(4)18(14(5)12(10)3)25(23,24)20-19-9-15-6-7-16(21)17(22)8-15/h6-9,20-22H,1-5H3/b19-9+. The van der Waals surface area contributed by atoms with Crippen molar-refractivity contribution in [3.8, 4) is 11.5 Å². The van der Waals surface area contributed by atoms with Crippen LogP contribution in [-0.2, 0) is 10.0 Å². The van der Waals surface area contributed by atoms with E-state index in [1.165, 1.54) is 24.4 Å². The Morgan fingerprint density at radius 1 is 0.880 bits per heavy atom. The fourth-order valence-electron chi connectivity index (χ4n) is 2.71. The van der Waals surface area contributed by atoms with Crippen molar-refractivity contribution in [3.05, 3.63) is 51.6 Å². The van der Waals surface area contributed by atoms with Crippen LogP contribution < -0.4 is 4.83 Å². The van der Waals surface area contributed by atoms with Crippen LogP contribution in [0.5, 0.6) is 11.5 Å². The molecule has 0 unspecified atom stereocenters. The van der Waals surface area contributed by atoms with Crippen LogP contribution >= 0.6 is 0 Å². The summed E-state index contributed by atoms with van der Waals surface area (Å²) in [7, 11) is -3.83. The minimum absolute atomic E-state index is 0.235. The fourth-order valence-corrected chi connectivity index (χ4v) is 4.10. The Bertz CT molecular complexity index is 935. The van der Waals surface area contributed by atoms with Crippen molar-refractivity contribution < 1.29 is 18.6 Å². The maximum absolute atomic E-state index is 12.7. The second-order valence-electron chi connectivity index (χ2n) is 6.06.